The van der Waals surface area contributed by atoms with Gasteiger partial charge in [0.1, 0.15) is 0 Å². The van der Waals surface area contributed by atoms with Crippen molar-refractivity contribution in [1.29, 1.82) is 0 Å². The van der Waals surface area contributed by atoms with Gasteiger partial charge in [0.15, 0.2) is 0 Å². The number of amides is 2. The van der Waals surface area contributed by atoms with Crippen molar-refractivity contribution in [2.24, 2.45) is 5.92 Å². The van der Waals surface area contributed by atoms with Crippen LogP contribution >= 0.6 is 0 Å². The second-order valence-corrected chi connectivity index (χ2v) is 6.85. The lowest BCUT2D eigenvalue weighted by Gasteiger charge is -2.23. The summed E-state index contributed by atoms with van der Waals surface area (Å²) >= 11 is 0. The van der Waals surface area contributed by atoms with Crippen LogP contribution in [0.5, 0.6) is 0 Å². The van der Waals surface area contributed by atoms with Crippen molar-refractivity contribution in [2.45, 2.75) is 19.4 Å². The Morgan fingerprint density at radius 3 is 2.22 bits per heavy atom. The lowest BCUT2D eigenvalue weighted by Crippen LogP contribution is -2.32. The van der Waals surface area contributed by atoms with Gasteiger partial charge in [-0.1, -0.05) is 24.3 Å². The Balaban J connectivity index is 1.76. The quantitative estimate of drug-likeness (QED) is 0.852. The third kappa shape index (κ3) is 4.16. The van der Waals surface area contributed by atoms with Crippen molar-refractivity contribution in [3.05, 3.63) is 65.2 Å². The van der Waals surface area contributed by atoms with Crippen LogP contribution in [0.15, 0.2) is 48.5 Å². The highest BCUT2D eigenvalue weighted by Gasteiger charge is 2.33. The number of hydrogen-bond acceptors (Lipinski definition) is 3. The third-order valence-electron chi connectivity index (χ3n) is 4.72. The molecule has 6 heteroatoms. The highest BCUT2D eigenvalue weighted by atomic mass is 16.4. The molecule has 0 aromatic heterocycles. The Morgan fingerprint density at radius 2 is 1.63 bits per heavy atom. The molecule has 0 spiro atoms. The standard InChI is InChI=1S/C21H22N2O4/c1-22(13-14-7-9-16(10-8-14)21(26)27)20(25)17-5-3-4-6-18(17)23(2)19(24)15-11-12-15/h3-10,15H,11-13H2,1-2H3,(H,26,27). The normalized spacial score (nSPS) is 13.1. The Labute approximate surface area is 158 Å². The summed E-state index contributed by atoms with van der Waals surface area (Å²) in [6, 6.07) is 13.5. The third-order valence-corrected chi connectivity index (χ3v) is 4.72. The van der Waals surface area contributed by atoms with E-state index >= 15 is 0 Å². The zero-order valence-corrected chi connectivity index (χ0v) is 15.4. The SMILES string of the molecule is CN(Cc1ccc(C(=O)O)cc1)C(=O)c1ccccc1N(C)C(=O)C1CC1. The fourth-order valence-electron chi connectivity index (χ4n) is 2.97. The minimum Gasteiger partial charge on any atom is -0.478 e. The second-order valence-electron chi connectivity index (χ2n) is 6.85. The number of carbonyl (C=O) groups is 3. The fraction of sp³-hybridized carbons (Fsp3) is 0.286. The molecule has 27 heavy (non-hydrogen) atoms. The molecule has 0 heterocycles. The molecule has 0 radical (unpaired) electrons. The predicted molar refractivity (Wildman–Crippen MR) is 102 cm³/mol. The summed E-state index contributed by atoms with van der Waals surface area (Å²) in [6.07, 6.45) is 1.82. The first kappa shape index (κ1) is 18.6. The molecule has 2 aromatic rings. The largest absolute Gasteiger partial charge is 0.478 e. The molecule has 6 nitrogen and oxygen atoms in total. The van der Waals surface area contributed by atoms with Crippen LogP contribution in [0.25, 0.3) is 0 Å². The summed E-state index contributed by atoms with van der Waals surface area (Å²) in [7, 11) is 3.39. The second kappa shape index (κ2) is 7.61. The van der Waals surface area contributed by atoms with Gasteiger partial charge in [-0.2, -0.15) is 0 Å². The first-order chi connectivity index (χ1) is 12.9. The van der Waals surface area contributed by atoms with Gasteiger partial charge in [-0.3, -0.25) is 9.59 Å². The number of carboxylic acid groups (broad SMARTS) is 1. The van der Waals surface area contributed by atoms with E-state index in [9.17, 15) is 14.4 Å². The molecular formula is C21H22N2O4. The molecule has 1 aliphatic carbocycles. The lowest BCUT2D eigenvalue weighted by molar-refractivity contribution is -0.119. The number of benzene rings is 2. The van der Waals surface area contributed by atoms with Gasteiger partial charge in [0, 0.05) is 26.6 Å². The van der Waals surface area contributed by atoms with Gasteiger partial charge in [0.05, 0.1) is 16.8 Å². The number of aromatic carboxylic acids is 1. The zero-order chi connectivity index (χ0) is 19.6. The van der Waals surface area contributed by atoms with Gasteiger partial charge in [-0.15, -0.1) is 0 Å². The van der Waals surface area contributed by atoms with Crippen LogP contribution in [0.3, 0.4) is 0 Å². The molecule has 0 aliphatic heterocycles. The minimum atomic E-state index is -0.983. The molecule has 3 rings (SSSR count). The van der Waals surface area contributed by atoms with Crippen molar-refractivity contribution >= 4 is 23.5 Å². The summed E-state index contributed by atoms with van der Waals surface area (Å²) in [5.41, 5.74) is 2.11. The van der Waals surface area contributed by atoms with E-state index in [-0.39, 0.29) is 23.3 Å². The van der Waals surface area contributed by atoms with E-state index in [1.807, 2.05) is 6.07 Å². The molecule has 0 saturated heterocycles. The van der Waals surface area contributed by atoms with Crippen LogP contribution in [0, 0.1) is 5.92 Å². The average Bonchev–Trinajstić information content (AvgIpc) is 3.52. The summed E-state index contributed by atoms with van der Waals surface area (Å²) in [4.78, 5) is 39.4. The smallest absolute Gasteiger partial charge is 0.335 e. The van der Waals surface area contributed by atoms with Crippen LogP contribution in [-0.2, 0) is 11.3 Å². The zero-order valence-electron chi connectivity index (χ0n) is 15.4. The topological polar surface area (TPSA) is 77.9 Å². The first-order valence-corrected chi connectivity index (χ1v) is 8.82. The highest BCUT2D eigenvalue weighted by molar-refractivity contribution is 6.05. The molecule has 1 aliphatic rings. The number of rotatable bonds is 6. The van der Waals surface area contributed by atoms with Crippen LogP contribution in [0.1, 0.15) is 39.1 Å². The van der Waals surface area contributed by atoms with Crippen LogP contribution < -0.4 is 4.90 Å². The number of carbonyl (C=O) groups excluding carboxylic acids is 2. The molecule has 0 bridgehead atoms. The first-order valence-electron chi connectivity index (χ1n) is 8.82. The van der Waals surface area contributed by atoms with E-state index in [0.717, 1.165) is 18.4 Å². The van der Waals surface area contributed by atoms with Crippen molar-refractivity contribution in [1.82, 2.24) is 4.90 Å². The van der Waals surface area contributed by atoms with E-state index in [4.69, 9.17) is 5.11 Å². The Morgan fingerprint density at radius 1 is 1.00 bits per heavy atom. The molecule has 1 N–H and O–H groups in total. The molecule has 140 valence electrons. The maximum absolute atomic E-state index is 13.0. The number of carboxylic acids is 1. The van der Waals surface area contributed by atoms with E-state index in [2.05, 4.69) is 0 Å². The summed E-state index contributed by atoms with van der Waals surface area (Å²) in [5.74, 6) is -1.06. The number of para-hydroxylation sites is 1. The van der Waals surface area contributed by atoms with Gasteiger partial charge in [-0.25, -0.2) is 4.79 Å². The summed E-state index contributed by atoms with van der Waals surface area (Å²) in [5, 5.41) is 8.97. The van der Waals surface area contributed by atoms with Crippen molar-refractivity contribution in [3.8, 4) is 0 Å². The van der Waals surface area contributed by atoms with E-state index < -0.39 is 5.97 Å². The van der Waals surface area contributed by atoms with E-state index in [0.29, 0.717) is 17.8 Å². The molecule has 1 saturated carbocycles. The Hall–Kier alpha value is -3.15. The van der Waals surface area contributed by atoms with Gasteiger partial charge in [-0.05, 0) is 42.7 Å². The van der Waals surface area contributed by atoms with Gasteiger partial charge < -0.3 is 14.9 Å². The fourth-order valence-corrected chi connectivity index (χ4v) is 2.97. The van der Waals surface area contributed by atoms with Gasteiger partial charge in [0.25, 0.3) is 5.91 Å². The van der Waals surface area contributed by atoms with Crippen molar-refractivity contribution in [3.63, 3.8) is 0 Å². The molecule has 2 amide bonds. The number of nitrogens with zero attached hydrogens (tertiary/aromatic N) is 2. The van der Waals surface area contributed by atoms with E-state index in [1.54, 1.807) is 54.2 Å². The average molecular weight is 366 g/mol. The van der Waals surface area contributed by atoms with Crippen LogP contribution in [0.2, 0.25) is 0 Å². The number of hydrogen-bond donors (Lipinski definition) is 1. The Kier molecular flexibility index (Phi) is 5.26. The monoisotopic (exact) mass is 366 g/mol. The molecule has 1 fully saturated rings. The lowest BCUT2D eigenvalue weighted by atomic mass is 10.1. The molecule has 0 atom stereocenters. The summed E-state index contributed by atoms with van der Waals surface area (Å²) < 4.78 is 0. The van der Waals surface area contributed by atoms with Crippen LogP contribution in [0.4, 0.5) is 5.69 Å². The maximum Gasteiger partial charge on any atom is 0.335 e. The highest BCUT2D eigenvalue weighted by Crippen LogP contribution is 2.33. The molecule has 2 aromatic carbocycles. The van der Waals surface area contributed by atoms with Crippen molar-refractivity contribution in [2.75, 3.05) is 19.0 Å². The Bertz CT molecular complexity index is 872. The van der Waals surface area contributed by atoms with Gasteiger partial charge in [0.2, 0.25) is 5.91 Å². The minimum absolute atomic E-state index is 0.0437. The maximum atomic E-state index is 13.0. The van der Waals surface area contributed by atoms with Crippen molar-refractivity contribution < 1.29 is 19.5 Å². The predicted octanol–water partition coefficient (Wildman–Crippen LogP) is 3.03. The van der Waals surface area contributed by atoms with Crippen LogP contribution in [-0.4, -0.2) is 41.9 Å². The van der Waals surface area contributed by atoms with E-state index in [1.165, 1.54) is 12.1 Å². The van der Waals surface area contributed by atoms with Gasteiger partial charge >= 0.3 is 5.97 Å². The molecule has 0 unspecified atom stereocenters. The molecular weight excluding hydrogens is 344 g/mol. The summed E-state index contributed by atoms with van der Waals surface area (Å²) in [6.45, 7) is 0.341. The number of anilines is 1.